The quantitative estimate of drug-likeness (QED) is 0.306. The number of aryl methyl sites for hydroxylation is 2. The summed E-state index contributed by atoms with van der Waals surface area (Å²) in [6.45, 7) is 9.54. The molecule has 5 nitrogen and oxygen atoms in total. The Hall–Kier alpha value is -3.64. The Balaban J connectivity index is 1.52. The van der Waals surface area contributed by atoms with E-state index in [9.17, 15) is 0 Å². The van der Waals surface area contributed by atoms with Gasteiger partial charge in [0, 0.05) is 29.8 Å². The van der Waals surface area contributed by atoms with Crippen LogP contribution < -0.4 is 15.0 Å². The number of hydrogen-bond acceptors (Lipinski definition) is 3. The van der Waals surface area contributed by atoms with Gasteiger partial charge < -0.3 is 19.5 Å². The molecule has 0 saturated carbocycles. The number of thiocarbonyl (C=S) groups is 1. The predicted molar refractivity (Wildman–Crippen MR) is 145 cm³/mol. The van der Waals surface area contributed by atoms with E-state index in [4.69, 9.17) is 17.0 Å². The first kappa shape index (κ1) is 23.1. The van der Waals surface area contributed by atoms with Crippen molar-refractivity contribution >= 4 is 23.0 Å². The highest BCUT2D eigenvalue weighted by atomic mass is 32.1. The van der Waals surface area contributed by atoms with Crippen LogP contribution in [0, 0.1) is 20.8 Å². The number of pyridine rings is 1. The van der Waals surface area contributed by atoms with Gasteiger partial charge in [0.05, 0.1) is 17.8 Å². The maximum atomic E-state index is 6.05. The number of anilines is 1. The molecule has 3 heterocycles. The van der Waals surface area contributed by atoms with Crippen LogP contribution in [-0.4, -0.2) is 14.7 Å². The smallest absolute Gasteiger partial charge is 0.174 e. The highest BCUT2D eigenvalue weighted by Gasteiger charge is 2.42. The molecule has 0 bridgehead atoms. The zero-order valence-corrected chi connectivity index (χ0v) is 21.3. The molecule has 0 spiro atoms. The fraction of sp³-hybridized carbons (Fsp3) is 0.241. The number of rotatable bonds is 6. The third kappa shape index (κ3) is 4.42. The van der Waals surface area contributed by atoms with Crippen LogP contribution in [0.3, 0.4) is 0 Å². The number of hydrogen-bond donors (Lipinski definition) is 1. The molecule has 0 amide bonds. The number of benzene rings is 2. The van der Waals surface area contributed by atoms with E-state index >= 15 is 0 Å². The molecule has 178 valence electrons. The minimum atomic E-state index is -0.0574. The molecule has 2 atom stereocenters. The Morgan fingerprint density at radius 2 is 1.63 bits per heavy atom. The van der Waals surface area contributed by atoms with Crippen LogP contribution in [0.1, 0.15) is 47.2 Å². The van der Waals surface area contributed by atoms with E-state index < -0.39 is 0 Å². The Kier molecular flexibility index (Phi) is 6.31. The van der Waals surface area contributed by atoms with Crippen molar-refractivity contribution in [3.63, 3.8) is 0 Å². The van der Waals surface area contributed by atoms with Gasteiger partial charge in [-0.2, -0.15) is 0 Å². The van der Waals surface area contributed by atoms with Gasteiger partial charge in [-0.15, -0.1) is 0 Å². The Morgan fingerprint density at radius 3 is 2.23 bits per heavy atom. The minimum Gasteiger partial charge on any atom is -0.457 e. The van der Waals surface area contributed by atoms with Crippen LogP contribution in [0.2, 0.25) is 0 Å². The fourth-order valence-corrected chi connectivity index (χ4v) is 5.33. The molecule has 2 unspecified atom stereocenters. The van der Waals surface area contributed by atoms with Crippen molar-refractivity contribution in [2.45, 2.75) is 46.3 Å². The molecule has 0 aliphatic carbocycles. The molecule has 1 saturated heterocycles. The zero-order chi connectivity index (χ0) is 24.5. The average molecular weight is 483 g/mol. The third-order valence-electron chi connectivity index (χ3n) is 6.72. The number of nitrogens with one attached hydrogen (secondary N) is 1. The molecule has 1 fully saturated rings. The van der Waals surface area contributed by atoms with E-state index in [1.54, 1.807) is 0 Å². The van der Waals surface area contributed by atoms with Crippen molar-refractivity contribution in [3.8, 4) is 11.5 Å². The molecular formula is C29H30N4OS. The van der Waals surface area contributed by atoms with E-state index in [-0.39, 0.29) is 12.1 Å². The number of nitrogens with zero attached hydrogens (tertiary/aromatic N) is 3. The van der Waals surface area contributed by atoms with Gasteiger partial charge in [-0.1, -0.05) is 23.8 Å². The van der Waals surface area contributed by atoms with Crippen molar-refractivity contribution in [3.05, 3.63) is 107 Å². The molecule has 0 radical (unpaired) electrons. The molecule has 35 heavy (non-hydrogen) atoms. The molecule has 1 N–H and O–H groups in total. The van der Waals surface area contributed by atoms with Crippen LogP contribution in [0.25, 0.3) is 0 Å². The molecule has 2 aromatic heterocycles. The lowest BCUT2D eigenvalue weighted by Gasteiger charge is -2.28. The van der Waals surface area contributed by atoms with Crippen LogP contribution in [0.4, 0.5) is 5.69 Å². The largest absolute Gasteiger partial charge is 0.457 e. The minimum absolute atomic E-state index is 0.0206. The second-order valence-corrected chi connectivity index (χ2v) is 9.36. The van der Waals surface area contributed by atoms with E-state index in [0.717, 1.165) is 29.4 Å². The van der Waals surface area contributed by atoms with Gasteiger partial charge in [-0.05, 0) is 100 Å². The Morgan fingerprint density at radius 1 is 0.943 bits per heavy atom. The topological polar surface area (TPSA) is 42.3 Å². The zero-order valence-electron chi connectivity index (χ0n) is 20.5. The second kappa shape index (κ2) is 9.55. The van der Waals surface area contributed by atoms with Crippen LogP contribution in [-0.2, 0) is 6.54 Å². The van der Waals surface area contributed by atoms with Gasteiger partial charge in [-0.25, -0.2) is 0 Å². The molecule has 1 aliphatic heterocycles. The summed E-state index contributed by atoms with van der Waals surface area (Å²) in [4.78, 5) is 6.88. The molecule has 2 aromatic carbocycles. The van der Waals surface area contributed by atoms with Gasteiger partial charge in [0.2, 0.25) is 0 Å². The summed E-state index contributed by atoms with van der Waals surface area (Å²) in [6.07, 6.45) is 1.84. The lowest BCUT2D eigenvalue weighted by molar-refractivity contribution is 0.482. The van der Waals surface area contributed by atoms with Crippen molar-refractivity contribution < 1.29 is 4.74 Å². The van der Waals surface area contributed by atoms with E-state index in [2.05, 4.69) is 71.7 Å². The monoisotopic (exact) mass is 482 g/mol. The van der Waals surface area contributed by atoms with E-state index in [0.29, 0.717) is 5.11 Å². The number of ether oxygens (including phenoxy) is 1. The first-order chi connectivity index (χ1) is 17.0. The highest BCUT2D eigenvalue weighted by Crippen LogP contribution is 2.43. The summed E-state index contributed by atoms with van der Waals surface area (Å²) < 4.78 is 8.40. The van der Waals surface area contributed by atoms with Gasteiger partial charge in [-0.3, -0.25) is 4.98 Å². The molecule has 5 rings (SSSR count). The highest BCUT2D eigenvalue weighted by molar-refractivity contribution is 7.80. The maximum absolute atomic E-state index is 6.05. The summed E-state index contributed by atoms with van der Waals surface area (Å²) in [6, 6.07) is 24.5. The molecule has 6 heteroatoms. The summed E-state index contributed by atoms with van der Waals surface area (Å²) in [5.41, 5.74) is 6.96. The first-order valence-corrected chi connectivity index (χ1v) is 12.4. The lowest BCUT2D eigenvalue weighted by atomic mass is 9.96. The van der Waals surface area contributed by atoms with Gasteiger partial charge >= 0.3 is 0 Å². The summed E-state index contributed by atoms with van der Waals surface area (Å²) in [7, 11) is 0. The normalized spacial score (nSPS) is 17.5. The summed E-state index contributed by atoms with van der Waals surface area (Å²) in [5.74, 6) is 1.61. The molecular weight excluding hydrogens is 452 g/mol. The van der Waals surface area contributed by atoms with Crippen LogP contribution in [0.15, 0.2) is 79.0 Å². The fourth-order valence-electron chi connectivity index (χ4n) is 4.98. The van der Waals surface area contributed by atoms with E-state index in [1.807, 2.05) is 54.7 Å². The van der Waals surface area contributed by atoms with Crippen molar-refractivity contribution in [2.24, 2.45) is 0 Å². The van der Waals surface area contributed by atoms with Crippen LogP contribution in [0.5, 0.6) is 11.5 Å². The van der Waals surface area contributed by atoms with Crippen molar-refractivity contribution in [1.82, 2.24) is 14.9 Å². The molecule has 1 aliphatic rings. The Bertz CT molecular complexity index is 1330. The standard InChI is InChI=1S/C29H30N4OS/c1-5-32-20(3)18-25(21(32)4)28-27(26-8-6-7-17-30-26)31-29(35)33(28)22-11-15-24(16-12-22)34-23-13-9-19(2)10-14-23/h6-18,27-28H,5H2,1-4H3,(H,31,35). The maximum Gasteiger partial charge on any atom is 0.174 e. The third-order valence-corrected chi connectivity index (χ3v) is 7.03. The second-order valence-electron chi connectivity index (χ2n) is 8.98. The summed E-state index contributed by atoms with van der Waals surface area (Å²) >= 11 is 5.89. The first-order valence-electron chi connectivity index (χ1n) is 12.0. The predicted octanol–water partition coefficient (Wildman–Crippen LogP) is 6.80. The SMILES string of the molecule is CCn1c(C)cc(C2C(c3ccccn3)NC(=S)N2c2ccc(Oc3ccc(C)cc3)cc2)c1C. The van der Waals surface area contributed by atoms with Crippen molar-refractivity contribution in [1.29, 1.82) is 0 Å². The van der Waals surface area contributed by atoms with Gasteiger partial charge in [0.15, 0.2) is 5.11 Å². The lowest BCUT2D eigenvalue weighted by Crippen LogP contribution is -2.29. The van der Waals surface area contributed by atoms with E-state index in [1.165, 1.54) is 22.5 Å². The van der Waals surface area contributed by atoms with Crippen molar-refractivity contribution in [2.75, 3.05) is 4.90 Å². The van der Waals surface area contributed by atoms with Crippen LogP contribution >= 0.6 is 12.2 Å². The Labute approximate surface area is 212 Å². The van der Waals surface area contributed by atoms with Gasteiger partial charge in [0.25, 0.3) is 0 Å². The molecule has 4 aromatic rings. The average Bonchev–Trinajstić information content (AvgIpc) is 3.36. The summed E-state index contributed by atoms with van der Waals surface area (Å²) in [5, 5.41) is 4.25. The number of aromatic nitrogens is 2. The van der Waals surface area contributed by atoms with Gasteiger partial charge in [0.1, 0.15) is 11.5 Å².